The van der Waals surface area contributed by atoms with Crippen molar-refractivity contribution in [3.8, 4) is 0 Å². The van der Waals surface area contributed by atoms with Crippen molar-refractivity contribution in [3.05, 3.63) is 29.8 Å². The SMILES string of the molecule is CCN1CCN(CC(=O)Nc2ccccc2CN)CC1C. The van der Waals surface area contributed by atoms with Gasteiger partial charge in [-0.25, -0.2) is 0 Å². The fraction of sp³-hybridized carbons (Fsp3) is 0.562. The molecule has 0 saturated carbocycles. The van der Waals surface area contributed by atoms with Crippen molar-refractivity contribution in [2.75, 3.05) is 38.0 Å². The van der Waals surface area contributed by atoms with Crippen LogP contribution >= 0.6 is 0 Å². The highest BCUT2D eigenvalue weighted by Gasteiger charge is 2.23. The minimum Gasteiger partial charge on any atom is -0.326 e. The lowest BCUT2D eigenvalue weighted by Gasteiger charge is -2.38. The molecule has 2 rings (SSSR count). The van der Waals surface area contributed by atoms with E-state index in [2.05, 4.69) is 29.0 Å². The van der Waals surface area contributed by atoms with E-state index in [1.807, 2.05) is 24.3 Å². The Bertz CT molecular complexity index is 477. The van der Waals surface area contributed by atoms with Crippen LogP contribution in [0.4, 0.5) is 5.69 Å². The van der Waals surface area contributed by atoms with Crippen molar-refractivity contribution in [3.63, 3.8) is 0 Å². The van der Waals surface area contributed by atoms with Crippen LogP contribution in [0.3, 0.4) is 0 Å². The average Bonchev–Trinajstić information content (AvgIpc) is 2.48. The van der Waals surface area contributed by atoms with Gasteiger partial charge in [0.05, 0.1) is 6.54 Å². The van der Waals surface area contributed by atoms with Crippen molar-refractivity contribution in [2.45, 2.75) is 26.4 Å². The van der Waals surface area contributed by atoms with Gasteiger partial charge in [0, 0.05) is 37.9 Å². The molecule has 5 heteroatoms. The number of nitrogens with one attached hydrogen (secondary N) is 1. The third-order valence-corrected chi connectivity index (χ3v) is 4.13. The summed E-state index contributed by atoms with van der Waals surface area (Å²) in [6.45, 7) is 9.28. The topological polar surface area (TPSA) is 61.6 Å². The third-order valence-electron chi connectivity index (χ3n) is 4.13. The number of piperazine rings is 1. The van der Waals surface area contributed by atoms with Crippen LogP contribution < -0.4 is 11.1 Å². The average molecular weight is 290 g/mol. The van der Waals surface area contributed by atoms with Crippen LogP contribution in [0.15, 0.2) is 24.3 Å². The van der Waals surface area contributed by atoms with E-state index >= 15 is 0 Å². The van der Waals surface area contributed by atoms with Gasteiger partial charge in [0.1, 0.15) is 0 Å². The molecule has 1 fully saturated rings. The van der Waals surface area contributed by atoms with E-state index in [1.54, 1.807) is 0 Å². The zero-order chi connectivity index (χ0) is 15.2. The largest absolute Gasteiger partial charge is 0.326 e. The first-order valence-electron chi connectivity index (χ1n) is 7.68. The number of rotatable bonds is 5. The van der Waals surface area contributed by atoms with Gasteiger partial charge in [-0.15, -0.1) is 0 Å². The second-order valence-electron chi connectivity index (χ2n) is 5.62. The van der Waals surface area contributed by atoms with Crippen molar-refractivity contribution in [1.82, 2.24) is 9.80 Å². The molecule has 3 N–H and O–H groups in total. The van der Waals surface area contributed by atoms with Crippen LogP contribution in [0.5, 0.6) is 0 Å². The van der Waals surface area contributed by atoms with Crippen LogP contribution in [0.2, 0.25) is 0 Å². The summed E-state index contributed by atoms with van der Waals surface area (Å²) in [4.78, 5) is 16.9. The van der Waals surface area contributed by atoms with Gasteiger partial charge in [-0.05, 0) is 25.1 Å². The number of nitrogens with two attached hydrogens (primary N) is 1. The summed E-state index contributed by atoms with van der Waals surface area (Å²) in [5, 5.41) is 2.97. The van der Waals surface area contributed by atoms with E-state index in [1.165, 1.54) is 0 Å². The Morgan fingerprint density at radius 1 is 1.38 bits per heavy atom. The molecule has 0 bridgehead atoms. The molecule has 0 aliphatic carbocycles. The van der Waals surface area contributed by atoms with E-state index in [4.69, 9.17) is 5.73 Å². The molecule has 1 aromatic rings. The molecule has 1 aliphatic heterocycles. The summed E-state index contributed by atoms with van der Waals surface area (Å²) in [6.07, 6.45) is 0. The Balaban J connectivity index is 1.88. The monoisotopic (exact) mass is 290 g/mol. The van der Waals surface area contributed by atoms with Crippen molar-refractivity contribution >= 4 is 11.6 Å². The molecule has 1 amide bonds. The first kappa shape index (κ1) is 15.9. The Hall–Kier alpha value is -1.43. The fourth-order valence-electron chi connectivity index (χ4n) is 2.90. The smallest absolute Gasteiger partial charge is 0.238 e. The van der Waals surface area contributed by atoms with Gasteiger partial charge in [0.15, 0.2) is 0 Å². The first-order valence-corrected chi connectivity index (χ1v) is 7.68. The normalized spacial score (nSPS) is 20.4. The molecule has 21 heavy (non-hydrogen) atoms. The van der Waals surface area contributed by atoms with E-state index < -0.39 is 0 Å². The first-order chi connectivity index (χ1) is 10.1. The number of hydrogen-bond acceptors (Lipinski definition) is 4. The Labute approximate surface area is 127 Å². The van der Waals surface area contributed by atoms with Crippen LogP contribution in [0.25, 0.3) is 0 Å². The van der Waals surface area contributed by atoms with Crippen LogP contribution in [0, 0.1) is 0 Å². The van der Waals surface area contributed by atoms with Gasteiger partial charge in [-0.1, -0.05) is 25.1 Å². The predicted molar refractivity (Wildman–Crippen MR) is 86.1 cm³/mol. The molecule has 1 atom stereocenters. The quantitative estimate of drug-likeness (QED) is 0.853. The minimum atomic E-state index is 0.0352. The van der Waals surface area contributed by atoms with Crippen molar-refractivity contribution < 1.29 is 4.79 Å². The lowest BCUT2D eigenvalue weighted by molar-refractivity contribution is -0.118. The van der Waals surface area contributed by atoms with E-state index in [0.29, 0.717) is 19.1 Å². The second-order valence-corrected chi connectivity index (χ2v) is 5.62. The number of carbonyl (C=O) groups is 1. The summed E-state index contributed by atoms with van der Waals surface area (Å²) < 4.78 is 0. The highest BCUT2D eigenvalue weighted by molar-refractivity contribution is 5.93. The van der Waals surface area contributed by atoms with E-state index in [9.17, 15) is 4.79 Å². The Kier molecular flexibility index (Phi) is 5.73. The molecule has 1 aromatic carbocycles. The molecule has 1 heterocycles. The molecule has 1 aliphatic rings. The molecule has 0 radical (unpaired) electrons. The minimum absolute atomic E-state index is 0.0352. The molecule has 1 unspecified atom stereocenters. The maximum Gasteiger partial charge on any atom is 0.238 e. The van der Waals surface area contributed by atoms with Gasteiger partial charge in [0.2, 0.25) is 5.91 Å². The maximum atomic E-state index is 12.2. The highest BCUT2D eigenvalue weighted by atomic mass is 16.2. The van der Waals surface area contributed by atoms with Gasteiger partial charge >= 0.3 is 0 Å². The lowest BCUT2D eigenvalue weighted by Crippen LogP contribution is -2.53. The molecular weight excluding hydrogens is 264 g/mol. The number of hydrogen-bond donors (Lipinski definition) is 2. The highest BCUT2D eigenvalue weighted by Crippen LogP contribution is 2.14. The summed E-state index contributed by atoms with van der Waals surface area (Å²) in [5.41, 5.74) is 7.48. The Morgan fingerprint density at radius 3 is 2.81 bits per heavy atom. The molecule has 116 valence electrons. The fourth-order valence-corrected chi connectivity index (χ4v) is 2.90. The van der Waals surface area contributed by atoms with Crippen LogP contribution in [0.1, 0.15) is 19.4 Å². The lowest BCUT2D eigenvalue weighted by atomic mass is 10.1. The number of benzene rings is 1. The zero-order valence-corrected chi connectivity index (χ0v) is 13.0. The molecule has 5 nitrogen and oxygen atoms in total. The van der Waals surface area contributed by atoms with Crippen molar-refractivity contribution in [2.24, 2.45) is 5.73 Å². The third kappa shape index (κ3) is 4.27. The van der Waals surface area contributed by atoms with Crippen molar-refractivity contribution in [1.29, 1.82) is 0 Å². The van der Waals surface area contributed by atoms with Gasteiger partial charge in [-0.2, -0.15) is 0 Å². The number of nitrogens with zero attached hydrogens (tertiary/aromatic N) is 2. The Morgan fingerprint density at radius 2 is 2.14 bits per heavy atom. The summed E-state index contributed by atoms with van der Waals surface area (Å²) in [7, 11) is 0. The van der Waals surface area contributed by atoms with Gasteiger partial charge in [0.25, 0.3) is 0 Å². The number of para-hydroxylation sites is 1. The summed E-state index contributed by atoms with van der Waals surface area (Å²) in [6, 6.07) is 8.20. The van der Waals surface area contributed by atoms with E-state index in [0.717, 1.165) is 37.4 Å². The van der Waals surface area contributed by atoms with Crippen LogP contribution in [-0.4, -0.2) is 54.5 Å². The van der Waals surface area contributed by atoms with Gasteiger partial charge in [-0.3, -0.25) is 14.6 Å². The van der Waals surface area contributed by atoms with Gasteiger partial charge < -0.3 is 11.1 Å². The number of amides is 1. The molecular formula is C16H26N4O. The second kappa shape index (κ2) is 7.54. The predicted octanol–water partition coefficient (Wildman–Crippen LogP) is 1.11. The molecule has 0 aromatic heterocycles. The van der Waals surface area contributed by atoms with E-state index in [-0.39, 0.29) is 5.91 Å². The molecule has 1 saturated heterocycles. The number of likely N-dealkylation sites (N-methyl/N-ethyl adjacent to an activating group) is 1. The number of carbonyl (C=O) groups excluding carboxylic acids is 1. The van der Waals surface area contributed by atoms with Crippen LogP contribution in [-0.2, 0) is 11.3 Å². The number of anilines is 1. The standard InChI is InChI=1S/C16H26N4O/c1-3-20-9-8-19(11-13(20)2)12-16(21)18-15-7-5-4-6-14(15)10-17/h4-7,13H,3,8-12,17H2,1-2H3,(H,18,21). The summed E-state index contributed by atoms with van der Waals surface area (Å²) in [5.74, 6) is 0.0352. The zero-order valence-electron chi connectivity index (χ0n) is 13.0. The maximum absolute atomic E-state index is 12.2. The molecule has 0 spiro atoms. The summed E-state index contributed by atoms with van der Waals surface area (Å²) >= 11 is 0.